The molecule has 0 radical (unpaired) electrons. The summed E-state index contributed by atoms with van der Waals surface area (Å²) in [6, 6.07) is 4.57. The van der Waals surface area contributed by atoms with Gasteiger partial charge in [0, 0.05) is 0 Å². The van der Waals surface area contributed by atoms with E-state index >= 15 is 0 Å². The van der Waals surface area contributed by atoms with Gasteiger partial charge in [0.2, 0.25) is 0 Å². The minimum atomic E-state index is -4.03. The first kappa shape index (κ1) is 21.4. The van der Waals surface area contributed by atoms with Crippen molar-refractivity contribution in [2.45, 2.75) is 71.8 Å². The van der Waals surface area contributed by atoms with E-state index in [1.165, 1.54) is 37.7 Å². The maximum atomic E-state index is 12.0. The molecule has 28 heavy (non-hydrogen) atoms. The Morgan fingerprint density at radius 2 is 1.46 bits per heavy atom. The summed E-state index contributed by atoms with van der Waals surface area (Å²) in [5.74, 6) is 0. The van der Waals surface area contributed by atoms with Crippen molar-refractivity contribution >= 4 is 19.2 Å². The Balaban J connectivity index is 2.31. The normalized spacial score (nSPS) is 17.0. The SMILES string of the molecule is Cc1cc(C)c(-n2ccn(C3CCCCCCC3)[c]2=[Ir]([Cl])([CH]=O)[CH]=O)c(C)c1. The zero-order valence-electron chi connectivity index (χ0n) is 16.9. The molecule has 1 aliphatic rings. The molecule has 1 aromatic carbocycles. The van der Waals surface area contributed by atoms with Crippen molar-refractivity contribution in [3.63, 3.8) is 0 Å². The van der Waals surface area contributed by atoms with Crippen molar-refractivity contribution in [1.82, 2.24) is 9.13 Å². The average Bonchev–Trinajstić information content (AvgIpc) is 3.05. The molecule has 1 aliphatic carbocycles. The van der Waals surface area contributed by atoms with Crippen molar-refractivity contribution in [3.8, 4) is 5.69 Å². The van der Waals surface area contributed by atoms with Crippen molar-refractivity contribution in [2.24, 2.45) is 0 Å². The van der Waals surface area contributed by atoms with Crippen LogP contribution >= 0.6 is 9.58 Å². The number of hydrogen-bond acceptors (Lipinski definition) is 2. The van der Waals surface area contributed by atoms with Crippen molar-refractivity contribution in [2.75, 3.05) is 0 Å². The number of benzene rings is 1. The number of imidazole rings is 1. The Morgan fingerprint density at radius 3 is 2.00 bits per heavy atom. The summed E-state index contributed by atoms with van der Waals surface area (Å²) in [6.07, 6.45) is 12.3. The maximum absolute atomic E-state index is 12.0. The van der Waals surface area contributed by atoms with E-state index < -0.39 is 13.8 Å². The number of rotatable bonds is 4. The standard InChI is InChI=1S/C20H28N2.2CHO.ClH.Ir/c1-16-13-17(2)20(18(3)14-16)22-12-11-21(15-22)19-9-7-5-4-6-8-10-19;2*1-2;;/h11-14,19H,4-10H2,1-3H3;2*1H;1H;/q;;;;+1/p-1. The Labute approximate surface area is 174 Å². The second-order valence-corrected chi connectivity index (χ2v) is 17.0. The quantitative estimate of drug-likeness (QED) is 0.434. The molecule has 0 amide bonds. The van der Waals surface area contributed by atoms with Crippen LogP contribution in [0.5, 0.6) is 0 Å². The number of hydrogen-bond donors (Lipinski definition) is 0. The molecule has 2 aromatic rings. The molecule has 0 saturated heterocycles. The van der Waals surface area contributed by atoms with Gasteiger partial charge in [-0.25, -0.2) is 0 Å². The Bertz CT molecular complexity index is 930. The van der Waals surface area contributed by atoms with E-state index in [1.807, 2.05) is 17.0 Å². The summed E-state index contributed by atoms with van der Waals surface area (Å²) in [6.45, 7) is 6.23. The summed E-state index contributed by atoms with van der Waals surface area (Å²) in [5.41, 5.74) is 4.48. The number of carbonyl (C=O) groups excluding carboxylic acids is 2. The van der Waals surface area contributed by atoms with Crippen LogP contribution in [0.3, 0.4) is 0 Å². The molecule has 0 atom stereocenters. The number of nitrogens with zero attached hydrogens (tertiary/aromatic N) is 2. The van der Waals surface area contributed by atoms with Crippen molar-refractivity contribution in [1.29, 1.82) is 0 Å². The number of halogens is 1. The van der Waals surface area contributed by atoms with E-state index in [9.17, 15) is 9.59 Å². The molecule has 1 aromatic heterocycles. The summed E-state index contributed by atoms with van der Waals surface area (Å²) in [5, 5.41) is 0. The van der Waals surface area contributed by atoms with Gasteiger partial charge in [-0.05, 0) is 0 Å². The van der Waals surface area contributed by atoms with Gasteiger partial charge in [0.1, 0.15) is 0 Å². The fourth-order valence-corrected chi connectivity index (χ4v) is 8.98. The molecule has 0 bridgehead atoms. The second-order valence-electron chi connectivity index (χ2n) is 7.74. The van der Waals surface area contributed by atoms with E-state index in [0.29, 0.717) is 6.04 Å². The van der Waals surface area contributed by atoms with Crippen LogP contribution < -0.4 is 0 Å². The molecule has 0 unspecified atom stereocenters. The van der Waals surface area contributed by atoms with E-state index in [-0.39, 0.29) is 0 Å². The van der Waals surface area contributed by atoms with Gasteiger partial charge in [-0.3, -0.25) is 0 Å². The van der Waals surface area contributed by atoms with Gasteiger partial charge in [-0.2, -0.15) is 0 Å². The van der Waals surface area contributed by atoms with Gasteiger partial charge in [0.15, 0.2) is 0 Å². The van der Waals surface area contributed by atoms with Gasteiger partial charge < -0.3 is 0 Å². The first-order valence-corrected chi connectivity index (χ1v) is 16.8. The fourth-order valence-electron chi connectivity index (χ4n) is 4.41. The predicted molar refractivity (Wildman–Crippen MR) is 112 cm³/mol. The molecule has 1 heterocycles. The molecule has 4 nitrogen and oxygen atoms in total. The van der Waals surface area contributed by atoms with Crippen LogP contribution in [0.4, 0.5) is 0 Å². The van der Waals surface area contributed by atoms with Crippen LogP contribution in [0.25, 0.3) is 5.69 Å². The second kappa shape index (κ2) is 9.02. The summed E-state index contributed by atoms with van der Waals surface area (Å²) < 4.78 is 4.92. The Hall–Kier alpha value is -1.29. The third kappa shape index (κ3) is 4.17. The summed E-state index contributed by atoms with van der Waals surface area (Å²) in [7, 11) is 6.77. The fraction of sp³-hybridized carbons (Fsp3) is 0.500. The van der Waals surface area contributed by atoms with E-state index in [0.717, 1.165) is 43.2 Å². The van der Waals surface area contributed by atoms with Crippen LogP contribution in [-0.4, -0.2) is 18.7 Å². The monoisotopic (exact) mass is 582 g/mol. The van der Waals surface area contributed by atoms with E-state index in [1.54, 1.807) is 0 Å². The predicted octanol–water partition coefficient (Wildman–Crippen LogP) is 5.71. The number of aromatic nitrogens is 2. The molecule has 0 spiro atoms. The van der Waals surface area contributed by atoms with Crippen molar-refractivity contribution in [3.05, 3.63) is 45.1 Å². The Morgan fingerprint density at radius 1 is 0.929 bits per heavy atom. The van der Waals surface area contributed by atoms with E-state index in [2.05, 4.69) is 37.5 Å². The first-order chi connectivity index (χ1) is 13.4. The molecule has 6 heteroatoms. The zero-order chi connectivity index (χ0) is 20.3. The topological polar surface area (TPSA) is 44.0 Å². The molecular formula is C22H30ClIrN2O2. The van der Waals surface area contributed by atoms with Crippen LogP contribution in [-0.2, 0) is 23.4 Å². The van der Waals surface area contributed by atoms with Gasteiger partial charge in [0.25, 0.3) is 0 Å². The van der Waals surface area contributed by atoms with Crippen molar-refractivity contribution < 1.29 is 23.4 Å². The molecular weight excluding hydrogens is 552 g/mol. The van der Waals surface area contributed by atoms with Crippen LogP contribution in [0.1, 0.15) is 67.7 Å². The molecule has 3 rings (SSSR count). The third-order valence-corrected chi connectivity index (χ3v) is 11.9. The average molecular weight is 582 g/mol. The van der Waals surface area contributed by atoms with Crippen LogP contribution in [0.15, 0.2) is 24.5 Å². The molecule has 0 aliphatic heterocycles. The Kier molecular flexibility index (Phi) is 6.90. The number of carbonyl (C=O) groups is 2. The molecule has 1 fully saturated rings. The number of aryl methyl sites for hydroxylation is 3. The van der Waals surface area contributed by atoms with Gasteiger partial charge in [-0.15, -0.1) is 0 Å². The molecule has 0 N–H and O–H groups in total. The van der Waals surface area contributed by atoms with Gasteiger partial charge >= 0.3 is 174 Å². The summed E-state index contributed by atoms with van der Waals surface area (Å²) in [4.78, 5) is 25.5. The van der Waals surface area contributed by atoms with E-state index in [4.69, 9.17) is 9.58 Å². The van der Waals surface area contributed by atoms with Gasteiger partial charge in [0.05, 0.1) is 0 Å². The molecule has 1 saturated carbocycles. The first-order valence-electron chi connectivity index (χ1n) is 9.90. The molecule has 156 valence electrons. The van der Waals surface area contributed by atoms with Crippen LogP contribution in [0, 0.1) is 24.7 Å². The minimum absolute atomic E-state index is 0.297. The summed E-state index contributed by atoms with van der Waals surface area (Å²) >= 11 is -4.03. The zero-order valence-corrected chi connectivity index (χ0v) is 20.1. The van der Waals surface area contributed by atoms with Gasteiger partial charge in [-0.1, -0.05) is 0 Å². The van der Waals surface area contributed by atoms with Crippen LogP contribution in [0.2, 0.25) is 0 Å². The third-order valence-electron chi connectivity index (χ3n) is 5.57.